The molecule has 0 aromatic carbocycles. The third-order valence-electron chi connectivity index (χ3n) is 4.35. The number of aryl methyl sites for hydroxylation is 1. The minimum atomic E-state index is 0.297. The maximum Gasteiger partial charge on any atom is 0.230 e. The smallest absolute Gasteiger partial charge is 0.230 e. The quantitative estimate of drug-likeness (QED) is 0.871. The van der Waals surface area contributed by atoms with Crippen LogP contribution in [0.15, 0.2) is 17.0 Å². The zero-order valence-electron chi connectivity index (χ0n) is 10.7. The van der Waals surface area contributed by atoms with Crippen molar-refractivity contribution in [1.82, 2.24) is 20.1 Å². The lowest BCUT2D eigenvalue weighted by Crippen LogP contribution is -2.19. The average Bonchev–Trinajstić information content (AvgIpc) is 2.93. The summed E-state index contributed by atoms with van der Waals surface area (Å²) in [4.78, 5) is 12.7. The van der Waals surface area contributed by atoms with Crippen LogP contribution in [-0.4, -0.2) is 26.2 Å². The van der Waals surface area contributed by atoms with E-state index in [1.54, 1.807) is 6.20 Å². The van der Waals surface area contributed by atoms with E-state index in [-0.39, 0.29) is 0 Å². The summed E-state index contributed by atoms with van der Waals surface area (Å²) < 4.78 is 5.43. The summed E-state index contributed by atoms with van der Waals surface area (Å²) in [7, 11) is 0. The highest BCUT2D eigenvalue weighted by Crippen LogP contribution is 2.58. The molecular weight excluding hydrogens is 242 g/mol. The predicted molar refractivity (Wildman–Crippen MR) is 67.0 cm³/mol. The molecule has 2 aromatic heterocycles. The van der Waals surface area contributed by atoms with Crippen molar-refractivity contribution >= 4 is 0 Å². The van der Waals surface area contributed by atoms with Gasteiger partial charge in [-0.15, -0.1) is 0 Å². The van der Waals surface area contributed by atoms with Crippen molar-refractivity contribution in [3.8, 4) is 11.5 Å². The highest BCUT2D eigenvalue weighted by molar-refractivity contribution is 5.52. The fourth-order valence-electron chi connectivity index (χ4n) is 3.23. The average molecular weight is 257 g/mol. The van der Waals surface area contributed by atoms with Crippen LogP contribution in [0.3, 0.4) is 0 Å². The third kappa shape index (κ3) is 1.67. The van der Waals surface area contributed by atoms with Crippen molar-refractivity contribution in [2.45, 2.75) is 31.7 Å². The fraction of sp³-hybridized carbons (Fsp3) is 0.538. The number of hydrogen-bond donors (Lipinski definition) is 1. The van der Waals surface area contributed by atoms with Gasteiger partial charge in [-0.3, -0.25) is 0 Å². The first kappa shape index (κ1) is 11.0. The van der Waals surface area contributed by atoms with E-state index in [0.717, 1.165) is 17.7 Å². The van der Waals surface area contributed by atoms with Crippen LogP contribution in [-0.2, 0) is 0 Å². The Bertz CT molecular complexity index is 625. The van der Waals surface area contributed by atoms with E-state index >= 15 is 0 Å². The van der Waals surface area contributed by atoms with Gasteiger partial charge >= 0.3 is 0 Å². The minimum absolute atomic E-state index is 0.297. The van der Waals surface area contributed by atoms with Gasteiger partial charge in [0.15, 0.2) is 0 Å². The van der Waals surface area contributed by atoms with Gasteiger partial charge < -0.3 is 10.3 Å². The van der Waals surface area contributed by atoms with Crippen LogP contribution in [0, 0.1) is 18.8 Å². The summed E-state index contributed by atoms with van der Waals surface area (Å²) >= 11 is 0. The predicted octanol–water partition coefficient (Wildman–Crippen LogP) is 1.29. The topological polar surface area (TPSA) is 90.7 Å². The third-order valence-corrected chi connectivity index (χ3v) is 4.35. The van der Waals surface area contributed by atoms with Gasteiger partial charge in [-0.1, -0.05) is 5.16 Å². The van der Waals surface area contributed by atoms with Crippen molar-refractivity contribution in [2.75, 3.05) is 0 Å². The second-order valence-corrected chi connectivity index (χ2v) is 5.58. The summed E-state index contributed by atoms with van der Waals surface area (Å²) in [5.74, 6) is 2.92. The van der Waals surface area contributed by atoms with E-state index in [2.05, 4.69) is 20.1 Å². The molecule has 2 saturated carbocycles. The molecule has 98 valence electrons. The van der Waals surface area contributed by atoms with E-state index in [1.807, 2.05) is 6.92 Å². The standard InChI is InChI=1S/C13H15N5O/c1-6-4-15-5-16-11(6)12-17-13(19-18-12)9-3-10(14)8-2-7(8)9/h4-5,7-10H,2-3,14H2,1H3/t7-,8+,9-,10+/m1/s1. The SMILES string of the molecule is Cc1cncnc1-c1noc([C@@H]2C[C@H](N)[C@H]3C[C@H]32)n1. The molecule has 0 bridgehead atoms. The Morgan fingerprint density at radius 2 is 2.21 bits per heavy atom. The summed E-state index contributed by atoms with van der Waals surface area (Å²) in [6.45, 7) is 1.94. The molecule has 2 N–H and O–H groups in total. The Morgan fingerprint density at radius 3 is 2.89 bits per heavy atom. The Kier molecular flexibility index (Phi) is 2.23. The van der Waals surface area contributed by atoms with Crippen molar-refractivity contribution in [1.29, 1.82) is 0 Å². The zero-order chi connectivity index (χ0) is 13.0. The van der Waals surface area contributed by atoms with Gasteiger partial charge in [0.1, 0.15) is 12.0 Å². The molecule has 6 nitrogen and oxygen atoms in total. The van der Waals surface area contributed by atoms with E-state index in [0.29, 0.717) is 35.5 Å². The first-order chi connectivity index (χ1) is 9.24. The van der Waals surface area contributed by atoms with Gasteiger partial charge in [0.25, 0.3) is 0 Å². The lowest BCUT2D eigenvalue weighted by Gasteiger charge is -2.07. The van der Waals surface area contributed by atoms with Gasteiger partial charge in [0.05, 0.1) is 0 Å². The molecule has 0 saturated heterocycles. The number of fused-ring (bicyclic) bond motifs is 1. The van der Waals surface area contributed by atoms with Gasteiger partial charge in [0.2, 0.25) is 11.7 Å². The normalized spacial score (nSPS) is 32.3. The van der Waals surface area contributed by atoms with E-state index in [1.165, 1.54) is 12.7 Å². The van der Waals surface area contributed by atoms with Crippen LogP contribution in [0.4, 0.5) is 0 Å². The van der Waals surface area contributed by atoms with Crippen LogP contribution < -0.4 is 5.73 Å². The molecule has 2 aliphatic rings. The van der Waals surface area contributed by atoms with Crippen LogP contribution in [0.1, 0.15) is 30.2 Å². The minimum Gasteiger partial charge on any atom is -0.339 e. The molecule has 2 fully saturated rings. The largest absolute Gasteiger partial charge is 0.339 e. The maximum absolute atomic E-state index is 6.08. The molecule has 19 heavy (non-hydrogen) atoms. The van der Waals surface area contributed by atoms with Crippen molar-refractivity contribution < 1.29 is 4.52 Å². The van der Waals surface area contributed by atoms with E-state index in [9.17, 15) is 0 Å². The number of hydrogen-bond acceptors (Lipinski definition) is 6. The van der Waals surface area contributed by atoms with E-state index < -0.39 is 0 Å². The van der Waals surface area contributed by atoms with Crippen LogP contribution in [0.25, 0.3) is 11.5 Å². The van der Waals surface area contributed by atoms with Gasteiger partial charge in [0, 0.05) is 18.2 Å². The molecule has 4 rings (SSSR count). The lowest BCUT2D eigenvalue weighted by molar-refractivity contribution is 0.341. The summed E-state index contributed by atoms with van der Waals surface area (Å²) in [5, 5.41) is 4.05. The summed E-state index contributed by atoms with van der Waals surface area (Å²) in [6, 6.07) is 0.297. The second kappa shape index (κ2) is 3.84. The highest BCUT2D eigenvalue weighted by Gasteiger charge is 2.55. The van der Waals surface area contributed by atoms with Crippen molar-refractivity contribution in [3.63, 3.8) is 0 Å². The summed E-state index contributed by atoms with van der Waals surface area (Å²) in [5.41, 5.74) is 7.76. The van der Waals surface area contributed by atoms with E-state index in [4.69, 9.17) is 10.3 Å². The van der Waals surface area contributed by atoms with Crippen LogP contribution in [0.5, 0.6) is 0 Å². The number of aromatic nitrogens is 4. The number of nitrogens with two attached hydrogens (primary N) is 1. The fourth-order valence-corrected chi connectivity index (χ4v) is 3.23. The zero-order valence-corrected chi connectivity index (χ0v) is 10.7. The van der Waals surface area contributed by atoms with Crippen molar-refractivity contribution in [3.05, 3.63) is 24.0 Å². The molecule has 2 aliphatic carbocycles. The summed E-state index contributed by atoms with van der Waals surface area (Å²) in [6.07, 6.45) is 5.41. The van der Waals surface area contributed by atoms with Crippen molar-refractivity contribution in [2.24, 2.45) is 17.6 Å². The van der Waals surface area contributed by atoms with Crippen LogP contribution >= 0.6 is 0 Å². The molecule has 2 aromatic rings. The Morgan fingerprint density at radius 1 is 1.32 bits per heavy atom. The number of nitrogens with zero attached hydrogens (tertiary/aromatic N) is 4. The molecule has 0 spiro atoms. The molecule has 4 atom stereocenters. The maximum atomic E-state index is 6.08. The molecule has 0 radical (unpaired) electrons. The second-order valence-electron chi connectivity index (χ2n) is 5.58. The Balaban J connectivity index is 1.66. The Hall–Kier alpha value is -1.82. The Labute approximate surface area is 110 Å². The molecule has 6 heteroatoms. The molecule has 0 amide bonds. The van der Waals surface area contributed by atoms with Gasteiger partial charge in [-0.2, -0.15) is 4.98 Å². The molecule has 0 unspecified atom stereocenters. The van der Waals surface area contributed by atoms with Gasteiger partial charge in [-0.25, -0.2) is 9.97 Å². The van der Waals surface area contributed by atoms with Crippen LogP contribution in [0.2, 0.25) is 0 Å². The highest BCUT2D eigenvalue weighted by atomic mass is 16.5. The first-order valence-electron chi connectivity index (χ1n) is 6.60. The molecule has 2 heterocycles. The van der Waals surface area contributed by atoms with Gasteiger partial charge in [-0.05, 0) is 37.2 Å². The first-order valence-corrected chi connectivity index (χ1v) is 6.60. The molecular formula is C13H15N5O. The lowest BCUT2D eigenvalue weighted by atomic mass is 10.0. The number of rotatable bonds is 2. The molecule has 0 aliphatic heterocycles. The monoisotopic (exact) mass is 257 g/mol.